The van der Waals surface area contributed by atoms with Gasteiger partial charge in [-0.25, -0.2) is 9.37 Å². The zero-order valence-corrected chi connectivity index (χ0v) is 21.3. The summed E-state index contributed by atoms with van der Waals surface area (Å²) in [4.78, 5) is 4.90. The van der Waals surface area contributed by atoms with Crippen LogP contribution in [0.4, 0.5) is 4.39 Å². The van der Waals surface area contributed by atoms with E-state index in [2.05, 4.69) is 26.9 Å². The molecular formula is C28H24ClFN4OS. The number of nitrogens with zero attached hydrogens (tertiary/aromatic N) is 4. The minimum Gasteiger partial charge on any atom is -0.385 e. The van der Waals surface area contributed by atoms with Crippen molar-refractivity contribution in [2.75, 3.05) is 13.7 Å². The first-order chi connectivity index (χ1) is 17.6. The molecule has 0 N–H and O–H groups in total. The Morgan fingerprint density at radius 1 is 0.972 bits per heavy atom. The maximum absolute atomic E-state index is 14.4. The Bertz CT molecular complexity index is 1490. The van der Waals surface area contributed by atoms with Crippen molar-refractivity contribution < 1.29 is 9.13 Å². The number of pyridine rings is 1. The fraction of sp³-hybridized carbons (Fsp3) is 0.179. The summed E-state index contributed by atoms with van der Waals surface area (Å²) in [6.07, 6.45) is 0.791. The molecule has 0 saturated heterocycles. The number of thioether (sulfide) groups is 1. The minimum absolute atomic E-state index is 0.326. The number of benzene rings is 3. The Kier molecular flexibility index (Phi) is 7.60. The summed E-state index contributed by atoms with van der Waals surface area (Å²) in [6.45, 7) is 1.28. The molecule has 5 aromatic rings. The van der Waals surface area contributed by atoms with E-state index in [-0.39, 0.29) is 5.82 Å². The third-order valence-electron chi connectivity index (χ3n) is 5.85. The lowest BCUT2D eigenvalue weighted by Crippen LogP contribution is -2.06. The van der Waals surface area contributed by atoms with Gasteiger partial charge < -0.3 is 9.30 Å². The SMILES string of the molecule is COCCCn1c(SCc2ccc(Cl)cc2F)nnc1-c1cc(-c2ccccc2)nc2ccccc12. The van der Waals surface area contributed by atoms with Gasteiger partial charge in [0.1, 0.15) is 5.82 Å². The zero-order valence-electron chi connectivity index (χ0n) is 19.7. The second-order valence-corrected chi connectivity index (χ2v) is 9.65. The van der Waals surface area contributed by atoms with Gasteiger partial charge in [-0.15, -0.1) is 10.2 Å². The third kappa shape index (κ3) is 5.28. The molecule has 2 aromatic heterocycles. The summed E-state index contributed by atoms with van der Waals surface area (Å²) in [5.41, 5.74) is 4.31. The van der Waals surface area contributed by atoms with Crippen molar-refractivity contribution in [3.63, 3.8) is 0 Å². The Balaban J connectivity index is 1.58. The Morgan fingerprint density at radius 2 is 1.78 bits per heavy atom. The van der Waals surface area contributed by atoms with Crippen LogP contribution in [0.25, 0.3) is 33.5 Å². The lowest BCUT2D eigenvalue weighted by atomic mass is 10.0. The molecule has 0 aliphatic carbocycles. The topological polar surface area (TPSA) is 52.8 Å². The van der Waals surface area contributed by atoms with Gasteiger partial charge in [-0.1, -0.05) is 78.0 Å². The summed E-state index contributed by atoms with van der Waals surface area (Å²) in [5.74, 6) is 0.840. The molecule has 182 valence electrons. The van der Waals surface area contributed by atoms with Crippen molar-refractivity contribution in [1.82, 2.24) is 19.7 Å². The van der Waals surface area contributed by atoms with E-state index in [9.17, 15) is 4.39 Å². The van der Waals surface area contributed by atoms with Gasteiger partial charge >= 0.3 is 0 Å². The molecule has 0 saturated carbocycles. The summed E-state index contributed by atoms with van der Waals surface area (Å²) >= 11 is 7.37. The molecular weight excluding hydrogens is 495 g/mol. The highest BCUT2D eigenvalue weighted by atomic mass is 35.5. The predicted molar refractivity (Wildman–Crippen MR) is 144 cm³/mol. The molecule has 0 bridgehead atoms. The van der Waals surface area contributed by atoms with E-state index >= 15 is 0 Å². The smallest absolute Gasteiger partial charge is 0.191 e. The number of rotatable bonds is 9. The maximum atomic E-state index is 14.4. The van der Waals surface area contributed by atoms with E-state index in [1.54, 1.807) is 19.2 Å². The van der Waals surface area contributed by atoms with E-state index < -0.39 is 0 Å². The summed E-state index contributed by atoms with van der Waals surface area (Å²) in [5, 5.41) is 11.2. The highest BCUT2D eigenvalue weighted by molar-refractivity contribution is 7.98. The van der Waals surface area contributed by atoms with Gasteiger partial charge in [-0.2, -0.15) is 0 Å². The van der Waals surface area contributed by atoms with Crippen molar-refractivity contribution in [3.05, 3.63) is 95.3 Å². The van der Waals surface area contributed by atoms with Crippen LogP contribution >= 0.6 is 23.4 Å². The van der Waals surface area contributed by atoms with E-state index in [1.807, 2.05) is 48.5 Å². The standard InChI is InChI=1S/C28H24ClFN4OS/c1-35-15-7-14-34-27(32-33-28(34)36-18-20-12-13-21(29)16-24(20)30)23-17-26(19-8-3-2-4-9-19)31-25-11-6-5-10-22(23)25/h2-6,8-13,16-17H,7,14-15,18H2,1H3. The molecule has 2 heterocycles. The molecule has 0 amide bonds. The van der Waals surface area contributed by atoms with Crippen LogP contribution in [-0.2, 0) is 17.0 Å². The van der Waals surface area contributed by atoms with Crippen LogP contribution in [0, 0.1) is 5.82 Å². The zero-order chi connectivity index (χ0) is 24.9. The Hall–Kier alpha value is -3.26. The molecule has 0 aliphatic rings. The quantitative estimate of drug-likeness (QED) is 0.151. The lowest BCUT2D eigenvalue weighted by molar-refractivity contribution is 0.189. The number of aromatic nitrogens is 4. The number of hydrogen-bond donors (Lipinski definition) is 0. The van der Waals surface area contributed by atoms with Crippen LogP contribution in [0.1, 0.15) is 12.0 Å². The maximum Gasteiger partial charge on any atom is 0.191 e. The molecule has 5 nitrogen and oxygen atoms in total. The molecule has 8 heteroatoms. The van der Waals surface area contributed by atoms with Gasteiger partial charge in [0.05, 0.1) is 11.2 Å². The van der Waals surface area contributed by atoms with Gasteiger partial charge in [-0.3, -0.25) is 0 Å². The number of para-hydroxylation sites is 1. The summed E-state index contributed by atoms with van der Waals surface area (Å²) in [6, 6.07) is 25.0. The van der Waals surface area contributed by atoms with Crippen molar-refractivity contribution in [2.24, 2.45) is 0 Å². The number of hydrogen-bond acceptors (Lipinski definition) is 5. The van der Waals surface area contributed by atoms with Gasteiger partial charge in [0.15, 0.2) is 11.0 Å². The fourth-order valence-corrected chi connectivity index (χ4v) is 5.17. The van der Waals surface area contributed by atoms with Crippen LogP contribution in [-0.4, -0.2) is 33.5 Å². The number of halogens is 2. The van der Waals surface area contributed by atoms with Crippen LogP contribution in [0.2, 0.25) is 5.02 Å². The van der Waals surface area contributed by atoms with Crippen molar-refractivity contribution in [3.8, 4) is 22.6 Å². The molecule has 36 heavy (non-hydrogen) atoms. The molecule has 0 fully saturated rings. The Morgan fingerprint density at radius 3 is 2.58 bits per heavy atom. The summed E-state index contributed by atoms with van der Waals surface area (Å²) in [7, 11) is 1.69. The normalized spacial score (nSPS) is 11.3. The number of methoxy groups -OCH3 is 1. The molecule has 0 spiro atoms. The van der Waals surface area contributed by atoms with Crippen molar-refractivity contribution in [2.45, 2.75) is 23.9 Å². The van der Waals surface area contributed by atoms with Crippen LogP contribution < -0.4 is 0 Å². The second-order valence-electron chi connectivity index (χ2n) is 8.27. The largest absolute Gasteiger partial charge is 0.385 e. The van der Waals surface area contributed by atoms with Gasteiger partial charge in [0.2, 0.25) is 0 Å². The third-order valence-corrected chi connectivity index (χ3v) is 7.10. The van der Waals surface area contributed by atoms with E-state index in [1.165, 1.54) is 17.8 Å². The molecule has 0 radical (unpaired) electrons. The number of ether oxygens (including phenoxy) is 1. The van der Waals surface area contributed by atoms with Gasteiger partial charge in [0.25, 0.3) is 0 Å². The molecule has 0 atom stereocenters. The first-order valence-corrected chi connectivity index (χ1v) is 12.9. The first kappa shape index (κ1) is 24.4. The predicted octanol–water partition coefficient (Wildman–Crippen LogP) is 7.28. The lowest BCUT2D eigenvalue weighted by Gasteiger charge is -2.13. The number of fused-ring (bicyclic) bond motifs is 1. The van der Waals surface area contributed by atoms with Crippen LogP contribution in [0.5, 0.6) is 0 Å². The average molecular weight is 519 g/mol. The molecule has 3 aromatic carbocycles. The summed E-state index contributed by atoms with van der Waals surface area (Å²) < 4.78 is 21.8. The Labute approximate surface area is 218 Å². The van der Waals surface area contributed by atoms with Crippen LogP contribution in [0.3, 0.4) is 0 Å². The van der Waals surface area contributed by atoms with E-state index in [4.69, 9.17) is 21.3 Å². The monoisotopic (exact) mass is 518 g/mol. The van der Waals surface area contributed by atoms with Gasteiger partial charge in [-0.05, 0) is 36.2 Å². The van der Waals surface area contributed by atoms with E-state index in [0.29, 0.717) is 29.5 Å². The van der Waals surface area contributed by atoms with E-state index in [0.717, 1.165) is 45.1 Å². The average Bonchev–Trinajstić information content (AvgIpc) is 3.30. The first-order valence-electron chi connectivity index (χ1n) is 11.6. The molecule has 0 unspecified atom stereocenters. The van der Waals surface area contributed by atoms with Crippen LogP contribution in [0.15, 0.2) is 84.0 Å². The molecule has 5 rings (SSSR count). The van der Waals surface area contributed by atoms with Crippen molar-refractivity contribution >= 4 is 34.3 Å². The molecule has 0 aliphatic heterocycles. The van der Waals surface area contributed by atoms with Crippen molar-refractivity contribution in [1.29, 1.82) is 0 Å². The highest BCUT2D eigenvalue weighted by Crippen LogP contribution is 2.34. The fourth-order valence-electron chi connectivity index (χ4n) is 4.06. The minimum atomic E-state index is -0.326. The highest BCUT2D eigenvalue weighted by Gasteiger charge is 2.19. The second kappa shape index (κ2) is 11.2. The van der Waals surface area contributed by atoms with Gasteiger partial charge in [0, 0.05) is 47.6 Å².